The Morgan fingerprint density at radius 1 is 1.31 bits per heavy atom. The van der Waals surface area contributed by atoms with E-state index in [1.807, 2.05) is 6.92 Å². The zero-order chi connectivity index (χ0) is 11.7. The van der Waals surface area contributed by atoms with Crippen LogP contribution >= 0.6 is 0 Å². The normalized spacial score (nSPS) is 35.9. The van der Waals surface area contributed by atoms with Gasteiger partial charge in [-0.3, -0.25) is 14.5 Å². The Labute approximate surface area is 96.2 Å². The number of carbonyl (C=O) groups excluding carboxylic acids is 2. The molecular weight excluding hydrogens is 204 g/mol. The molecule has 2 aliphatic rings. The van der Waals surface area contributed by atoms with E-state index in [-0.39, 0.29) is 23.8 Å². The molecule has 0 spiro atoms. The summed E-state index contributed by atoms with van der Waals surface area (Å²) >= 11 is 0. The van der Waals surface area contributed by atoms with Crippen molar-refractivity contribution < 1.29 is 9.59 Å². The van der Waals surface area contributed by atoms with Gasteiger partial charge in [0.15, 0.2) is 0 Å². The van der Waals surface area contributed by atoms with E-state index >= 15 is 0 Å². The average molecular weight is 224 g/mol. The van der Waals surface area contributed by atoms with Crippen LogP contribution in [0.1, 0.15) is 39.0 Å². The lowest BCUT2D eigenvalue weighted by molar-refractivity contribution is -0.144. The van der Waals surface area contributed by atoms with Gasteiger partial charge in [-0.2, -0.15) is 0 Å². The Kier molecular flexibility index (Phi) is 3.28. The minimum atomic E-state index is -0.132. The number of likely N-dealkylation sites (tertiary alicyclic amines) is 1. The number of nitrogens with two attached hydrogens (primary N) is 1. The monoisotopic (exact) mass is 224 g/mol. The van der Waals surface area contributed by atoms with Crippen LogP contribution in [0.3, 0.4) is 0 Å². The topological polar surface area (TPSA) is 63.4 Å². The van der Waals surface area contributed by atoms with E-state index in [1.165, 1.54) is 11.3 Å². The van der Waals surface area contributed by atoms with Crippen LogP contribution in [0.4, 0.5) is 0 Å². The average Bonchev–Trinajstić information content (AvgIpc) is 2.53. The predicted octanol–water partition coefficient (Wildman–Crippen LogP) is 0.899. The Balaban J connectivity index is 2.15. The van der Waals surface area contributed by atoms with Crippen molar-refractivity contribution in [2.24, 2.45) is 17.6 Å². The molecule has 1 aliphatic heterocycles. The van der Waals surface area contributed by atoms with Crippen LogP contribution < -0.4 is 5.73 Å². The number of imide groups is 1. The minimum Gasteiger partial charge on any atom is -0.330 e. The molecule has 2 N–H and O–H groups in total. The summed E-state index contributed by atoms with van der Waals surface area (Å²) in [5.41, 5.74) is 5.74. The first kappa shape index (κ1) is 11.6. The highest BCUT2D eigenvalue weighted by Gasteiger charge is 2.42. The summed E-state index contributed by atoms with van der Waals surface area (Å²) in [5, 5.41) is 0. The fourth-order valence-electron chi connectivity index (χ4n) is 2.96. The molecule has 1 saturated carbocycles. The maximum absolute atomic E-state index is 11.9. The smallest absolute Gasteiger partial charge is 0.232 e. The van der Waals surface area contributed by atoms with E-state index in [2.05, 4.69) is 0 Å². The highest BCUT2D eigenvalue weighted by atomic mass is 16.2. The lowest BCUT2D eigenvalue weighted by Crippen LogP contribution is -2.48. The quantitative estimate of drug-likeness (QED) is 0.709. The standard InChI is InChI=1S/C12H20N2O2/c1-8-6-11(15)14(12(8)16)10-5-3-2-4-9(10)7-13/h8-10H,2-7,13H2,1H3. The van der Waals surface area contributed by atoms with Gasteiger partial charge in [-0.1, -0.05) is 19.8 Å². The number of nitrogens with zero attached hydrogens (tertiary/aromatic N) is 1. The molecule has 1 saturated heterocycles. The third-order valence-corrected chi connectivity index (χ3v) is 3.91. The molecule has 4 heteroatoms. The minimum absolute atomic E-state index is 0.00264. The largest absolute Gasteiger partial charge is 0.330 e. The van der Waals surface area contributed by atoms with Gasteiger partial charge in [0.25, 0.3) is 0 Å². The highest BCUT2D eigenvalue weighted by molar-refractivity contribution is 6.03. The second-order valence-electron chi connectivity index (χ2n) is 5.05. The zero-order valence-electron chi connectivity index (χ0n) is 9.82. The predicted molar refractivity (Wildman–Crippen MR) is 60.4 cm³/mol. The van der Waals surface area contributed by atoms with Gasteiger partial charge in [-0.05, 0) is 25.3 Å². The third-order valence-electron chi connectivity index (χ3n) is 3.91. The van der Waals surface area contributed by atoms with Gasteiger partial charge in [-0.25, -0.2) is 0 Å². The molecule has 2 amide bonds. The van der Waals surface area contributed by atoms with Gasteiger partial charge in [0.2, 0.25) is 11.8 Å². The summed E-state index contributed by atoms with van der Waals surface area (Å²) in [7, 11) is 0. The number of rotatable bonds is 2. The third kappa shape index (κ3) is 1.86. The first-order valence-electron chi connectivity index (χ1n) is 6.21. The molecule has 0 radical (unpaired) electrons. The van der Waals surface area contributed by atoms with Gasteiger partial charge < -0.3 is 5.73 Å². The summed E-state index contributed by atoms with van der Waals surface area (Å²) in [6, 6.07) is 0.0729. The lowest BCUT2D eigenvalue weighted by atomic mass is 9.83. The van der Waals surface area contributed by atoms with E-state index in [9.17, 15) is 9.59 Å². The Bertz CT molecular complexity index is 303. The van der Waals surface area contributed by atoms with Gasteiger partial charge >= 0.3 is 0 Å². The summed E-state index contributed by atoms with van der Waals surface area (Å²) < 4.78 is 0. The second kappa shape index (κ2) is 4.53. The Morgan fingerprint density at radius 3 is 2.56 bits per heavy atom. The SMILES string of the molecule is CC1CC(=O)N(C2CCCCC2CN)C1=O. The zero-order valence-corrected chi connectivity index (χ0v) is 9.82. The molecule has 0 aromatic heterocycles. The first-order valence-corrected chi connectivity index (χ1v) is 6.21. The number of hydrogen-bond acceptors (Lipinski definition) is 3. The molecule has 0 aromatic carbocycles. The van der Waals surface area contributed by atoms with Gasteiger partial charge in [-0.15, -0.1) is 0 Å². The molecule has 3 atom stereocenters. The molecule has 3 unspecified atom stereocenters. The molecule has 0 bridgehead atoms. The fraction of sp³-hybridized carbons (Fsp3) is 0.833. The van der Waals surface area contributed by atoms with Crippen molar-refractivity contribution in [2.75, 3.05) is 6.54 Å². The van der Waals surface area contributed by atoms with Crippen molar-refractivity contribution in [3.05, 3.63) is 0 Å². The first-order chi connectivity index (χ1) is 7.65. The van der Waals surface area contributed by atoms with E-state index in [1.54, 1.807) is 0 Å². The molecule has 16 heavy (non-hydrogen) atoms. The maximum Gasteiger partial charge on any atom is 0.232 e. The molecule has 90 valence electrons. The number of amides is 2. The summed E-state index contributed by atoms with van der Waals surface area (Å²) in [6.45, 7) is 2.41. The van der Waals surface area contributed by atoms with Crippen molar-refractivity contribution in [1.29, 1.82) is 0 Å². The molecule has 2 fully saturated rings. The van der Waals surface area contributed by atoms with Crippen LogP contribution in [0, 0.1) is 11.8 Å². The molecule has 0 aromatic rings. The van der Waals surface area contributed by atoms with Crippen molar-refractivity contribution >= 4 is 11.8 Å². The lowest BCUT2D eigenvalue weighted by Gasteiger charge is -2.36. The van der Waals surface area contributed by atoms with Crippen LogP contribution in [0.5, 0.6) is 0 Å². The maximum atomic E-state index is 11.9. The van der Waals surface area contributed by atoms with Gasteiger partial charge in [0, 0.05) is 18.4 Å². The molecule has 1 heterocycles. The number of carbonyl (C=O) groups is 2. The van der Waals surface area contributed by atoms with Gasteiger partial charge in [0.05, 0.1) is 0 Å². The van der Waals surface area contributed by atoms with E-state index < -0.39 is 0 Å². The molecule has 1 aliphatic carbocycles. The molecular formula is C12H20N2O2. The summed E-state index contributed by atoms with van der Waals surface area (Å²) in [6.07, 6.45) is 4.64. The summed E-state index contributed by atoms with van der Waals surface area (Å²) in [5.74, 6) is 0.193. The van der Waals surface area contributed by atoms with Crippen LogP contribution in [-0.2, 0) is 9.59 Å². The molecule has 4 nitrogen and oxygen atoms in total. The van der Waals surface area contributed by atoms with Gasteiger partial charge in [0.1, 0.15) is 0 Å². The van der Waals surface area contributed by atoms with Crippen LogP contribution in [0.25, 0.3) is 0 Å². The van der Waals surface area contributed by atoms with Crippen molar-refractivity contribution in [1.82, 2.24) is 4.90 Å². The van der Waals surface area contributed by atoms with Crippen LogP contribution in [0.15, 0.2) is 0 Å². The summed E-state index contributed by atoms with van der Waals surface area (Å²) in [4.78, 5) is 25.3. The van der Waals surface area contributed by atoms with E-state index in [0.29, 0.717) is 18.9 Å². The molecule has 2 rings (SSSR count). The van der Waals surface area contributed by atoms with Crippen LogP contribution in [-0.4, -0.2) is 29.3 Å². The van der Waals surface area contributed by atoms with Crippen LogP contribution in [0.2, 0.25) is 0 Å². The Hall–Kier alpha value is -0.900. The highest BCUT2D eigenvalue weighted by Crippen LogP contribution is 2.32. The van der Waals surface area contributed by atoms with E-state index in [4.69, 9.17) is 5.73 Å². The van der Waals surface area contributed by atoms with E-state index in [0.717, 1.165) is 19.3 Å². The second-order valence-corrected chi connectivity index (χ2v) is 5.05. The van der Waals surface area contributed by atoms with Crippen molar-refractivity contribution in [2.45, 2.75) is 45.1 Å². The van der Waals surface area contributed by atoms with Crippen molar-refractivity contribution in [3.63, 3.8) is 0 Å². The van der Waals surface area contributed by atoms with Crippen molar-refractivity contribution in [3.8, 4) is 0 Å². The number of hydrogen-bond donors (Lipinski definition) is 1. The Morgan fingerprint density at radius 2 is 2.00 bits per heavy atom. The fourth-order valence-corrected chi connectivity index (χ4v) is 2.96.